The lowest BCUT2D eigenvalue weighted by Crippen LogP contribution is -2.50. The van der Waals surface area contributed by atoms with E-state index in [1.165, 1.54) is 12.7 Å². The van der Waals surface area contributed by atoms with Gasteiger partial charge in [-0.05, 0) is 24.8 Å². The molecular weight excluding hydrogens is 332 g/mol. The van der Waals surface area contributed by atoms with Gasteiger partial charge >= 0.3 is 12.1 Å². The maximum Gasteiger partial charge on any atom is 0.424 e. The fourth-order valence-corrected chi connectivity index (χ4v) is 3.16. The first kappa shape index (κ1) is 20.2. The van der Waals surface area contributed by atoms with E-state index in [1.807, 2.05) is 18.2 Å². The molecule has 0 aliphatic carbocycles. The van der Waals surface area contributed by atoms with E-state index in [1.54, 1.807) is 5.01 Å². The van der Waals surface area contributed by atoms with Crippen LogP contribution >= 0.6 is 0 Å². The molecule has 1 N–H and O–H groups in total. The van der Waals surface area contributed by atoms with Gasteiger partial charge < -0.3 is 9.47 Å². The molecule has 0 spiro atoms. The average molecular weight is 362 g/mol. The van der Waals surface area contributed by atoms with Crippen LogP contribution in [0.2, 0.25) is 0 Å². The number of rotatable bonds is 11. The fourth-order valence-electron chi connectivity index (χ4n) is 3.16. The topological polar surface area (TPSA) is 67.9 Å². The maximum atomic E-state index is 12.2. The van der Waals surface area contributed by atoms with Crippen molar-refractivity contribution >= 4 is 12.1 Å². The number of hydrazine groups is 1. The Morgan fingerprint density at radius 1 is 1.31 bits per heavy atom. The number of nitrogens with one attached hydrogen (secondary N) is 1. The molecule has 1 aliphatic heterocycles. The first-order valence-corrected chi connectivity index (χ1v) is 9.47. The van der Waals surface area contributed by atoms with E-state index in [0.717, 1.165) is 32.1 Å². The number of hydrogen-bond acceptors (Lipinski definition) is 5. The third-order valence-electron chi connectivity index (χ3n) is 4.68. The molecule has 2 atom stereocenters. The second-order valence-electron chi connectivity index (χ2n) is 6.73. The van der Waals surface area contributed by atoms with Gasteiger partial charge in [-0.2, -0.15) is 0 Å². The highest BCUT2D eigenvalue weighted by atomic mass is 16.6. The summed E-state index contributed by atoms with van der Waals surface area (Å²) in [7, 11) is 1.40. The normalized spacial score (nSPS) is 17.8. The van der Waals surface area contributed by atoms with Gasteiger partial charge in [0.15, 0.2) is 0 Å². The molecule has 1 amide bonds. The summed E-state index contributed by atoms with van der Waals surface area (Å²) in [6, 6.07) is 10.1. The lowest BCUT2D eigenvalue weighted by molar-refractivity contribution is -0.140. The SMILES string of the molecule is CCCCC[C@@H](CCC(=O)OC)NN1C(=O)OC[C@@H]1Cc1ccccc1. The highest BCUT2D eigenvalue weighted by Crippen LogP contribution is 2.18. The predicted octanol–water partition coefficient (Wildman–Crippen LogP) is 3.46. The quantitative estimate of drug-likeness (QED) is 0.482. The van der Waals surface area contributed by atoms with Crippen LogP contribution in [0.3, 0.4) is 0 Å². The molecule has 1 aromatic carbocycles. The van der Waals surface area contributed by atoms with Crippen LogP contribution < -0.4 is 5.43 Å². The number of hydrogen-bond donors (Lipinski definition) is 1. The van der Waals surface area contributed by atoms with Gasteiger partial charge in [0.05, 0.1) is 13.2 Å². The number of carbonyl (C=O) groups is 2. The van der Waals surface area contributed by atoms with Crippen molar-refractivity contribution < 1.29 is 19.1 Å². The first-order chi connectivity index (χ1) is 12.6. The molecular formula is C20H30N2O4. The van der Waals surface area contributed by atoms with Crippen molar-refractivity contribution in [1.82, 2.24) is 10.4 Å². The van der Waals surface area contributed by atoms with Crippen molar-refractivity contribution in [2.45, 2.75) is 64.0 Å². The zero-order valence-electron chi connectivity index (χ0n) is 15.8. The number of nitrogens with zero attached hydrogens (tertiary/aromatic N) is 1. The minimum Gasteiger partial charge on any atom is -0.469 e. The lowest BCUT2D eigenvalue weighted by atomic mass is 10.0. The van der Waals surface area contributed by atoms with Crippen LogP contribution in [0.1, 0.15) is 51.0 Å². The third kappa shape index (κ3) is 6.33. The molecule has 0 saturated carbocycles. The van der Waals surface area contributed by atoms with E-state index < -0.39 is 0 Å². The van der Waals surface area contributed by atoms with Crippen LogP contribution in [-0.2, 0) is 20.7 Å². The summed E-state index contributed by atoms with van der Waals surface area (Å²) in [5, 5.41) is 1.61. The summed E-state index contributed by atoms with van der Waals surface area (Å²) in [5.41, 5.74) is 4.49. The number of carbonyl (C=O) groups excluding carboxylic acids is 2. The van der Waals surface area contributed by atoms with E-state index in [4.69, 9.17) is 9.47 Å². The smallest absolute Gasteiger partial charge is 0.424 e. The Hall–Kier alpha value is -2.08. The van der Waals surface area contributed by atoms with Gasteiger partial charge in [0.2, 0.25) is 0 Å². The summed E-state index contributed by atoms with van der Waals surface area (Å²) in [6.07, 6.45) is 5.60. The summed E-state index contributed by atoms with van der Waals surface area (Å²) in [4.78, 5) is 23.7. The van der Waals surface area contributed by atoms with Crippen molar-refractivity contribution in [3.63, 3.8) is 0 Å². The molecule has 6 heteroatoms. The number of amides is 1. The Kier molecular flexibility index (Phi) is 8.41. The molecule has 1 fully saturated rings. The molecule has 0 bridgehead atoms. The monoisotopic (exact) mass is 362 g/mol. The molecule has 1 aliphatic rings. The van der Waals surface area contributed by atoms with Crippen LogP contribution in [0.15, 0.2) is 30.3 Å². The number of benzene rings is 1. The highest BCUT2D eigenvalue weighted by Gasteiger charge is 2.34. The van der Waals surface area contributed by atoms with Gasteiger partial charge in [0, 0.05) is 12.5 Å². The Labute approximate surface area is 155 Å². The maximum absolute atomic E-state index is 12.2. The molecule has 26 heavy (non-hydrogen) atoms. The summed E-state index contributed by atoms with van der Waals surface area (Å²) in [6.45, 7) is 2.53. The van der Waals surface area contributed by atoms with Crippen LogP contribution in [0.4, 0.5) is 4.79 Å². The molecule has 2 rings (SSSR count). The lowest BCUT2D eigenvalue weighted by Gasteiger charge is -2.28. The molecule has 6 nitrogen and oxygen atoms in total. The van der Waals surface area contributed by atoms with Gasteiger partial charge in [0.25, 0.3) is 0 Å². The van der Waals surface area contributed by atoms with Gasteiger partial charge in [0.1, 0.15) is 6.61 Å². The standard InChI is InChI=1S/C20H30N2O4/c1-3-4-6-11-17(12-13-19(23)25-2)21-22-18(15-26-20(22)24)14-16-9-7-5-8-10-16/h5,7-10,17-18,21H,3-4,6,11-15H2,1-2H3/t17-,18-/m0/s1. The Morgan fingerprint density at radius 3 is 2.77 bits per heavy atom. The van der Waals surface area contributed by atoms with E-state index in [9.17, 15) is 9.59 Å². The first-order valence-electron chi connectivity index (χ1n) is 9.47. The number of ether oxygens (including phenoxy) is 2. The Bertz CT molecular complexity index is 564. The Morgan fingerprint density at radius 2 is 2.08 bits per heavy atom. The van der Waals surface area contributed by atoms with Crippen LogP contribution in [0.25, 0.3) is 0 Å². The average Bonchev–Trinajstić information content (AvgIpc) is 3.00. The van der Waals surface area contributed by atoms with E-state index in [0.29, 0.717) is 19.4 Å². The van der Waals surface area contributed by atoms with Crippen LogP contribution in [-0.4, -0.2) is 42.9 Å². The van der Waals surface area contributed by atoms with Crippen molar-refractivity contribution in [3.8, 4) is 0 Å². The third-order valence-corrected chi connectivity index (χ3v) is 4.68. The minimum atomic E-state index is -0.343. The van der Waals surface area contributed by atoms with Crippen molar-refractivity contribution in [1.29, 1.82) is 0 Å². The molecule has 1 aromatic rings. The van der Waals surface area contributed by atoms with Crippen molar-refractivity contribution in [2.24, 2.45) is 0 Å². The number of cyclic esters (lactones) is 1. The van der Waals surface area contributed by atoms with Gasteiger partial charge in [-0.25, -0.2) is 15.2 Å². The van der Waals surface area contributed by atoms with E-state index in [-0.39, 0.29) is 24.1 Å². The number of esters is 1. The summed E-state index contributed by atoms with van der Waals surface area (Å²) < 4.78 is 10.0. The molecule has 0 unspecified atom stereocenters. The van der Waals surface area contributed by atoms with E-state index in [2.05, 4.69) is 24.5 Å². The molecule has 0 radical (unpaired) electrons. The second kappa shape index (κ2) is 10.8. The van der Waals surface area contributed by atoms with Crippen molar-refractivity contribution in [2.75, 3.05) is 13.7 Å². The largest absolute Gasteiger partial charge is 0.469 e. The predicted molar refractivity (Wildman–Crippen MR) is 99.4 cm³/mol. The molecule has 1 saturated heterocycles. The van der Waals surface area contributed by atoms with Crippen LogP contribution in [0, 0.1) is 0 Å². The van der Waals surface area contributed by atoms with Gasteiger partial charge in [-0.3, -0.25) is 4.79 Å². The highest BCUT2D eigenvalue weighted by molar-refractivity contribution is 5.70. The molecule has 1 heterocycles. The minimum absolute atomic E-state index is 0.0447. The molecule has 0 aromatic heterocycles. The Balaban J connectivity index is 1.97. The zero-order chi connectivity index (χ0) is 18.8. The summed E-state index contributed by atoms with van der Waals surface area (Å²) in [5.74, 6) is -0.225. The van der Waals surface area contributed by atoms with E-state index >= 15 is 0 Å². The fraction of sp³-hybridized carbons (Fsp3) is 0.600. The molecule has 144 valence electrons. The summed E-state index contributed by atoms with van der Waals surface area (Å²) >= 11 is 0. The number of unbranched alkanes of at least 4 members (excludes halogenated alkanes) is 2. The zero-order valence-corrected chi connectivity index (χ0v) is 15.8. The number of methoxy groups -OCH3 is 1. The van der Waals surface area contributed by atoms with Gasteiger partial charge in [-0.1, -0.05) is 56.5 Å². The van der Waals surface area contributed by atoms with Crippen LogP contribution in [0.5, 0.6) is 0 Å². The second-order valence-corrected chi connectivity index (χ2v) is 6.73. The van der Waals surface area contributed by atoms with Gasteiger partial charge in [-0.15, -0.1) is 0 Å². The van der Waals surface area contributed by atoms with Crippen molar-refractivity contribution in [3.05, 3.63) is 35.9 Å².